The first kappa shape index (κ1) is 11.3. The molecule has 1 rings (SSSR count). The molecule has 0 aromatic rings. The van der Waals surface area contributed by atoms with E-state index in [4.69, 9.17) is 11.6 Å². The molecule has 13 heavy (non-hydrogen) atoms. The van der Waals surface area contributed by atoms with Crippen molar-refractivity contribution < 1.29 is 0 Å². The van der Waals surface area contributed by atoms with E-state index in [0.717, 1.165) is 12.0 Å². The second-order valence-electron chi connectivity index (χ2n) is 4.20. The van der Waals surface area contributed by atoms with Crippen LogP contribution in [0.15, 0.2) is 0 Å². The zero-order valence-corrected chi connectivity index (χ0v) is 9.61. The Hall–Kier alpha value is 0.250. The van der Waals surface area contributed by atoms with E-state index in [2.05, 4.69) is 19.2 Å². The molecule has 2 atom stereocenters. The molecule has 1 aliphatic rings. The first-order valence-electron chi connectivity index (χ1n) is 5.63. The standard InChI is InChI=1S/C11H22ClN/c1-3-11(4-2)13-8-9-5-6-10(12)7-9/h9-11,13H,3-8H2,1-2H3. The molecule has 78 valence electrons. The van der Waals surface area contributed by atoms with Crippen LogP contribution in [-0.4, -0.2) is 18.0 Å². The molecule has 0 heterocycles. The van der Waals surface area contributed by atoms with Crippen LogP contribution in [0.1, 0.15) is 46.0 Å². The number of halogens is 1. The lowest BCUT2D eigenvalue weighted by atomic mass is 10.1. The summed E-state index contributed by atoms with van der Waals surface area (Å²) in [5, 5.41) is 4.08. The summed E-state index contributed by atoms with van der Waals surface area (Å²) in [6.45, 7) is 5.68. The van der Waals surface area contributed by atoms with Crippen molar-refractivity contribution in [3.63, 3.8) is 0 Å². The fraction of sp³-hybridized carbons (Fsp3) is 1.00. The Bertz CT molecular complexity index is 134. The van der Waals surface area contributed by atoms with Crippen LogP contribution in [0.5, 0.6) is 0 Å². The lowest BCUT2D eigenvalue weighted by Gasteiger charge is -2.17. The number of hydrogen-bond acceptors (Lipinski definition) is 1. The van der Waals surface area contributed by atoms with Gasteiger partial charge in [0, 0.05) is 11.4 Å². The minimum Gasteiger partial charge on any atom is -0.314 e. The summed E-state index contributed by atoms with van der Waals surface area (Å²) in [7, 11) is 0. The zero-order valence-electron chi connectivity index (χ0n) is 8.85. The van der Waals surface area contributed by atoms with Crippen molar-refractivity contribution in [1.82, 2.24) is 5.32 Å². The number of hydrogen-bond donors (Lipinski definition) is 1. The van der Waals surface area contributed by atoms with Gasteiger partial charge in [0.15, 0.2) is 0 Å². The highest BCUT2D eigenvalue weighted by molar-refractivity contribution is 6.20. The maximum Gasteiger partial charge on any atom is 0.0339 e. The fourth-order valence-electron chi connectivity index (χ4n) is 2.11. The monoisotopic (exact) mass is 203 g/mol. The molecule has 0 radical (unpaired) electrons. The van der Waals surface area contributed by atoms with Crippen molar-refractivity contribution in [2.75, 3.05) is 6.54 Å². The first-order valence-corrected chi connectivity index (χ1v) is 6.07. The Morgan fingerprint density at radius 1 is 1.31 bits per heavy atom. The highest BCUT2D eigenvalue weighted by atomic mass is 35.5. The molecule has 0 aromatic carbocycles. The van der Waals surface area contributed by atoms with Crippen LogP contribution in [0.2, 0.25) is 0 Å². The molecule has 2 heteroatoms. The molecule has 0 aliphatic heterocycles. The molecule has 0 amide bonds. The van der Waals surface area contributed by atoms with Crippen molar-refractivity contribution in [3.8, 4) is 0 Å². The van der Waals surface area contributed by atoms with E-state index in [-0.39, 0.29) is 0 Å². The molecule has 2 unspecified atom stereocenters. The first-order chi connectivity index (χ1) is 6.26. The van der Waals surface area contributed by atoms with Crippen LogP contribution in [-0.2, 0) is 0 Å². The number of alkyl halides is 1. The third-order valence-corrected chi connectivity index (χ3v) is 3.55. The predicted octanol–water partition coefficient (Wildman–Crippen LogP) is 3.17. The van der Waals surface area contributed by atoms with Crippen molar-refractivity contribution in [1.29, 1.82) is 0 Å². The topological polar surface area (TPSA) is 12.0 Å². The van der Waals surface area contributed by atoms with Gasteiger partial charge in [-0.1, -0.05) is 13.8 Å². The molecule has 1 saturated carbocycles. The van der Waals surface area contributed by atoms with Crippen LogP contribution >= 0.6 is 11.6 Å². The van der Waals surface area contributed by atoms with Gasteiger partial charge in [0.1, 0.15) is 0 Å². The molecule has 0 spiro atoms. The van der Waals surface area contributed by atoms with Crippen molar-refractivity contribution in [3.05, 3.63) is 0 Å². The third kappa shape index (κ3) is 3.86. The summed E-state index contributed by atoms with van der Waals surface area (Å²) in [4.78, 5) is 0. The Kier molecular flexibility index (Phi) is 5.12. The van der Waals surface area contributed by atoms with Gasteiger partial charge in [0.05, 0.1) is 0 Å². The number of nitrogens with one attached hydrogen (secondary N) is 1. The van der Waals surface area contributed by atoms with Gasteiger partial charge in [-0.05, 0) is 44.6 Å². The summed E-state index contributed by atoms with van der Waals surface area (Å²) in [6, 6.07) is 0.717. The van der Waals surface area contributed by atoms with Gasteiger partial charge in [-0.15, -0.1) is 11.6 Å². The van der Waals surface area contributed by atoms with Crippen LogP contribution < -0.4 is 5.32 Å². The minimum atomic E-state index is 0.452. The average Bonchev–Trinajstić information content (AvgIpc) is 2.53. The van der Waals surface area contributed by atoms with E-state index in [1.54, 1.807) is 0 Å². The van der Waals surface area contributed by atoms with Gasteiger partial charge in [0.25, 0.3) is 0 Å². The van der Waals surface area contributed by atoms with Crippen LogP contribution in [0.3, 0.4) is 0 Å². The summed E-state index contributed by atoms with van der Waals surface area (Å²) in [5.74, 6) is 0.836. The molecule has 1 nitrogen and oxygen atoms in total. The lowest BCUT2D eigenvalue weighted by Crippen LogP contribution is -2.31. The second kappa shape index (κ2) is 5.87. The largest absolute Gasteiger partial charge is 0.314 e. The zero-order chi connectivity index (χ0) is 9.68. The van der Waals surface area contributed by atoms with Gasteiger partial charge in [-0.25, -0.2) is 0 Å². The van der Waals surface area contributed by atoms with Crippen LogP contribution in [0, 0.1) is 5.92 Å². The smallest absolute Gasteiger partial charge is 0.0339 e. The lowest BCUT2D eigenvalue weighted by molar-refractivity contribution is 0.416. The molecule has 1 fully saturated rings. The molecule has 0 bridgehead atoms. The predicted molar refractivity (Wildman–Crippen MR) is 59.4 cm³/mol. The van der Waals surface area contributed by atoms with E-state index in [0.29, 0.717) is 5.38 Å². The van der Waals surface area contributed by atoms with E-state index < -0.39 is 0 Å². The molecule has 0 saturated heterocycles. The van der Waals surface area contributed by atoms with Crippen LogP contribution in [0.4, 0.5) is 0 Å². The summed E-state index contributed by atoms with van der Waals surface area (Å²) in [5.41, 5.74) is 0. The highest BCUT2D eigenvalue weighted by Crippen LogP contribution is 2.28. The van der Waals surface area contributed by atoms with Crippen molar-refractivity contribution in [2.45, 2.75) is 57.4 Å². The quantitative estimate of drug-likeness (QED) is 0.677. The van der Waals surface area contributed by atoms with Crippen LogP contribution in [0.25, 0.3) is 0 Å². The Balaban J connectivity index is 2.11. The molecule has 1 N–H and O–H groups in total. The second-order valence-corrected chi connectivity index (χ2v) is 4.82. The minimum absolute atomic E-state index is 0.452. The van der Waals surface area contributed by atoms with Gasteiger partial charge in [-0.3, -0.25) is 0 Å². The maximum absolute atomic E-state index is 6.06. The summed E-state index contributed by atoms with van der Waals surface area (Å²) < 4.78 is 0. The average molecular weight is 204 g/mol. The van der Waals surface area contributed by atoms with Gasteiger partial charge >= 0.3 is 0 Å². The molecule has 1 aliphatic carbocycles. The number of rotatable bonds is 5. The Morgan fingerprint density at radius 3 is 2.46 bits per heavy atom. The highest BCUT2D eigenvalue weighted by Gasteiger charge is 2.22. The fourth-order valence-corrected chi connectivity index (χ4v) is 2.49. The summed E-state index contributed by atoms with van der Waals surface area (Å²) in [6.07, 6.45) is 6.24. The van der Waals surface area contributed by atoms with E-state index >= 15 is 0 Å². The van der Waals surface area contributed by atoms with E-state index in [1.165, 1.54) is 38.6 Å². The van der Waals surface area contributed by atoms with Crippen molar-refractivity contribution in [2.24, 2.45) is 5.92 Å². The van der Waals surface area contributed by atoms with E-state index in [1.807, 2.05) is 0 Å². The Morgan fingerprint density at radius 2 is 2.00 bits per heavy atom. The third-order valence-electron chi connectivity index (χ3n) is 3.16. The molecular weight excluding hydrogens is 182 g/mol. The van der Waals surface area contributed by atoms with E-state index in [9.17, 15) is 0 Å². The normalized spacial score (nSPS) is 28.6. The Labute approximate surface area is 87.2 Å². The molecule has 0 aromatic heterocycles. The SMILES string of the molecule is CCC(CC)NCC1CCC(Cl)C1. The van der Waals surface area contributed by atoms with Gasteiger partial charge < -0.3 is 5.32 Å². The van der Waals surface area contributed by atoms with Gasteiger partial charge in [0.2, 0.25) is 0 Å². The summed E-state index contributed by atoms with van der Waals surface area (Å²) >= 11 is 6.06. The van der Waals surface area contributed by atoms with Gasteiger partial charge in [-0.2, -0.15) is 0 Å². The van der Waals surface area contributed by atoms with Crippen molar-refractivity contribution >= 4 is 11.6 Å². The molecular formula is C11H22ClN. The maximum atomic E-state index is 6.06.